The van der Waals surface area contributed by atoms with E-state index in [1.54, 1.807) is 0 Å². The molecule has 0 amide bonds. The maximum absolute atomic E-state index is 11.6. The first-order valence-electron chi connectivity index (χ1n) is 7.70. The summed E-state index contributed by atoms with van der Waals surface area (Å²) in [7, 11) is 0. The number of carboxylic acid groups (broad SMARTS) is 1. The molecule has 3 heteroatoms. The van der Waals surface area contributed by atoms with Crippen LogP contribution in [0.25, 0.3) is 0 Å². The van der Waals surface area contributed by atoms with Crippen molar-refractivity contribution in [1.29, 1.82) is 0 Å². The molecule has 1 aromatic rings. The number of benzene rings is 1. The number of likely N-dealkylation sites (tertiary alicyclic amines) is 1. The lowest BCUT2D eigenvalue weighted by atomic mass is 9.84. The van der Waals surface area contributed by atoms with Crippen molar-refractivity contribution >= 4 is 5.97 Å². The standard InChI is InChI=1S/C17H23NO2/c1-12-6-2-3-8-14(12)11-18-15-9-5-4-7-13(15)10-16(18)17(19)20/h2-3,6,8,13,15-16H,4-5,7,9-11H2,1H3,(H,19,20)/t13-,15+,16+/m1/s1. The Hall–Kier alpha value is -1.35. The fourth-order valence-corrected chi connectivity index (χ4v) is 4.01. The topological polar surface area (TPSA) is 40.5 Å². The van der Waals surface area contributed by atoms with Gasteiger partial charge in [-0.15, -0.1) is 0 Å². The van der Waals surface area contributed by atoms with E-state index in [0.717, 1.165) is 13.0 Å². The third kappa shape index (κ3) is 2.47. The number of fused-ring (bicyclic) bond motifs is 1. The third-order valence-electron chi connectivity index (χ3n) is 5.12. The predicted molar refractivity (Wildman–Crippen MR) is 78.5 cm³/mol. The van der Waals surface area contributed by atoms with E-state index in [-0.39, 0.29) is 6.04 Å². The van der Waals surface area contributed by atoms with Gasteiger partial charge in [-0.05, 0) is 43.2 Å². The fourth-order valence-electron chi connectivity index (χ4n) is 4.01. The molecule has 1 heterocycles. The molecule has 2 fully saturated rings. The Morgan fingerprint density at radius 3 is 2.80 bits per heavy atom. The number of aryl methyl sites for hydroxylation is 1. The average molecular weight is 273 g/mol. The van der Waals surface area contributed by atoms with E-state index in [4.69, 9.17) is 0 Å². The van der Waals surface area contributed by atoms with Gasteiger partial charge in [-0.2, -0.15) is 0 Å². The minimum absolute atomic E-state index is 0.289. The normalized spacial score (nSPS) is 30.1. The maximum atomic E-state index is 11.6. The summed E-state index contributed by atoms with van der Waals surface area (Å²) in [5, 5.41) is 9.54. The smallest absolute Gasteiger partial charge is 0.320 e. The molecule has 0 aromatic heterocycles. The lowest BCUT2D eigenvalue weighted by molar-refractivity contribution is -0.142. The Morgan fingerprint density at radius 1 is 1.30 bits per heavy atom. The minimum Gasteiger partial charge on any atom is -0.480 e. The molecule has 1 saturated carbocycles. The number of rotatable bonds is 3. The Bertz CT molecular complexity index is 500. The van der Waals surface area contributed by atoms with Gasteiger partial charge < -0.3 is 5.11 Å². The minimum atomic E-state index is -0.645. The van der Waals surface area contributed by atoms with Crippen molar-refractivity contribution in [3.8, 4) is 0 Å². The Balaban J connectivity index is 1.84. The Morgan fingerprint density at radius 2 is 2.05 bits per heavy atom. The van der Waals surface area contributed by atoms with E-state index in [2.05, 4.69) is 24.0 Å². The number of carbonyl (C=O) groups is 1. The van der Waals surface area contributed by atoms with Crippen LogP contribution in [-0.4, -0.2) is 28.1 Å². The molecule has 1 aromatic carbocycles. The first-order chi connectivity index (χ1) is 9.66. The average Bonchev–Trinajstić information content (AvgIpc) is 2.81. The van der Waals surface area contributed by atoms with Crippen LogP contribution in [0.4, 0.5) is 0 Å². The van der Waals surface area contributed by atoms with Gasteiger partial charge in [0, 0.05) is 12.6 Å². The third-order valence-corrected chi connectivity index (χ3v) is 5.12. The number of carboxylic acids is 1. The van der Waals surface area contributed by atoms with E-state index < -0.39 is 5.97 Å². The van der Waals surface area contributed by atoms with Crippen molar-refractivity contribution in [2.24, 2.45) is 5.92 Å². The van der Waals surface area contributed by atoms with Gasteiger partial charge in [-0.25, -0.2) is 0 Å². The van der Waals surface area contributed by atoms with Crippen LogP contribution in [0.2, 0.25) is 0 Å². The summed E-state index contributed by atoms with van der Waals surface area (Å²) in [6.45, 7) is 2.89. The lowest BCUT2D eigenvalue weighted by Crippen LogP contribution is -2.41. The molecule has 108 valence electrons. The molecule has 2 aliphatic rings. The Kier molecular flexibility index (Phi) is 3.79. The number of hydrogen-bond acceptors (Lipinski definition) is 2. The number of aliphatic carboxylic acids is 1. The van der Waals surface area contributed by atoms with Gasteiger partial charge in [0.15, 0.2) is 0 Å². The highest BCUT2D eigenvalue weighted by Crippen LogP contribution is 2.40. The molecular weight excluding hydrogens is 250 g/mol. The van der Waals surface area contributed by atoms with Gasteiger partial charge >= 0.3 is 5.97 Å². The van der Waals surface area contributed by atoms with Crippen molar-refractivity contribution in [2.75, 3.05) is 0 Å². The van der Waals surface area contributed by atoms with Gasteiger partial charge in [0.2, 0.25) is 0 Å². The van der Waals surface area contributed by atoms with Crippen molar-refractivity contribution < 1.29 is 9.90 Å². The highest BCUT2D eigenvalue weighted by atomic mass is 16.4. The molecule has 1 N–H and O–H groups in total. The monoisotopic (exact) mass is 273 g/mol. The molecule has 0 unspecified atom stereocenters. The van der Waals surface area contributed by atoms with Gasteiger partial charge in [0.1, 0.15) is 6.04 Å². The number of hydrogen-bond donors (Lipinski definition) is 1. The van der Waals surface area contributed by atoms with Crippen LogP contribution in [0.15, 0.2) is 24.3 Å². The molecule has 0 bridgehead atoms. The fraction of sp³-hybridized carbons (Fsp3) is 0.588. The van der Waals surface area contributed by atoms with Crippen molar-refractivity contribution in [3.05, 3.63) is 35.4 Å². The second kappa shape index (κ2) is 5.57. The van der Waals surface area contributed by atoms with Gasteiger partial charge in [-0.3, -0.25) is 9.69 Å². The molecule has 1 aliphatic heterocycles. The molecule has 1 saturated heterocycles. The number of nitrogens with zero attached hydrogens (tertiary/aromatic N) is 1. The maximum Gasteiger partial charge on any atom is 0.320 e. The zero-order chi connectivity index (χ0) is 14.1. The predicted octanol–water partition coefficient (Wildman–Crippen LogP) is 3.21. The molecule has 0 spiro atoms. The van der Waals surface area contributed by atoms with Gasteiger partial charge in [0.25, 0.3) is 0 Å². The molecule has 1 aliphatic carbocycles. The molecule has 3 nitrogen and oxygen atoms in total. The van der Waals surface area contributed by atoms with Crippen LogP contribution >= 0.6 is 0 Å². The second-order valence-corrected chi connectivity index (χ2v) is 6.30. The van der Waals surface area contributed by atoms with Crippen molar-refractivity contribution in [1.82, 2.24) is 4.90 Å². The highest BCUT2D eigenvalue weighted by molar-refractivity contribution is 5.74. The molecule has 0 radical (unpaired) electrons. The summed E-state index contributed by atoms with van der Waals surface area (Å²) in [5.74, 6) is -0.0538. The van der Waals surface area contributed by atoms with Crippen LogP contribution in [0.3, 0.4) is 0 Å². The first kappa shape index (κ1) is 13.6. The zero-order valence-corrected chi connectivity index (χ0v) is 12.1. The van der Waals surface area contributed by atoms with Crippen LogP contribution in [0.1, 0.15) is 43.2 Å². The van der Waals surface area contributed by atoms with Crippen molar-refractivity contribution in [3.63, 3.8) is 0 Å². The van der Waals surface area contributed by atoms with Crippen molar-refractivity contribution in [2.45, 2.75) is 57.7 Å². The molecule has 3 rings (SSSR count). The summed E-state index contributed by atoms with van der Waals surface area (Å²) in [4.78, 5) is 13.8. The summed E-state index contributed by atoms with van der Waals surface area (Å²) in [5.41, 5.74) is 2.53. The summed E-state index contributed by atoms with van der Waals surface area (Å²) >= 11 is 0. The summed E-state index contributed by atoms with van der Waals surface area (Å²) < 4.78 is 0. The second-order valence-electron chi connectivity index (χ2n) is 6.30. The van der Waals surface area contributed by atoms with E-state index >= 15 is 0 Å². The van der Waals surface area contributed by atoms with Crippen LogP contribution < -0.4 is 0 Å². The zero-order valence-electron chi connectivity index (χ0n) is 12.1. The van der Waals surface area contributed by atoms with Crippen LogP contribution in [0.5, 0.6) is 0 Å². The lowest BCUT2D eigenvalue weighted by Gasteiger charge is -2.33. The Labute approximate surface area is 120 Å². The first-order valence-corrected chi connectivity index (χ1v) is 7.70. The summed E-state index contributed by atoms with van der Waals surface area (Å²) in [6, 6.07) is 8.52. The van der Waals surface area contributed by atoms with E-state index in [0.29, 0.717) is 12.0 Å². The van der Waals surface area contributed by atoms with Gasteiger partial charge in [-0.1, -0.05) is 37.1 Å². The largest absolute Gasteiger partial charge is 0.480 e. The van der Waals surface area contributed by atoms with Gasteiger partial charge in [0.05, 0.1) is 0 Å². The highest BCUT2D eigenvalue weighted by Gasteiger charge is 2.44. The van der Waals surface area contributed by atoms with E-state index in [1.807, 2.05) is 12.1 Å². The quantitative estimate of drug-likeness (QED) is 0.919. The molecule has 3 atom stereocenters. The van der Waals surface area contributed by atoms with E-state index in [1.165, 1.54) is 36.8 Å². The van der Waals surface area contributed by atoms with Crippen LogP contribution in [0, 0.1) is 12.8 Å². The van der Waals surface area contributed by atoms with Crippen LogP contribution in [-0.2, 0) is 11.3 Å². The summed E-state index contributed by atoms with van der Waals surface area (Å²) in [6.07, 6.45) is 5.73. The molecule has 20 heavy (non-hydrogen) atoms. The SMILES string of the molecule is Cc1ccccc1CN1[C@H](C(=O)O)C[C@H]2CCCC[C@@H]21. The molecular formula is C17H23NO2. The van der Waals surface area contributed by atoms with E-state index in [9.17, 15) is 9.90 Å².